The molecule has 0 bridgehead atoms. The molecular formula is C19H17NO3. The van der Waals surface area contributed by atoms with E-state index in [9.17, 15) is 4.79 Å². The van der Waals surface area contributed by atoms with Gasteiger partial charge in [-0.2, -0.15) is 0 Å². The second-order valence-electron chi connectivity index (χ2n) is 5.85. The Kier molecular flexibility index (Phi) is 3.30. The number of aryl methyl sites for hydroxylation is 1. The van der Waals surface area contributed by atoms with Gasteiger partial charge in [-0.3, -0.25) is 4.57 Å². The van der Waals surface area contributed by atoms with Gasteiger partial charge in [0.1, 0.15) is 0 Å². The summed E-state index contributed by atoms with van der Waals surface area (Å²) in [6.07, 6.45) is 4.40. The smallest absolute Gasteiger partial charge is 0.371 e. The molecule has 0 radical (unpaired) electrons. The van der Waals surface area contributed by atoms with Crippen molar-refractivity contribution in [2.24, 2.45) is 0 Å². The van der Waals surface area contributed by atoms with Crippen molar-refractivity contribution in [1.82, 2.24) is 4.57 Å². The van der Waals surface area contributed by atoms with Crippen LogP contribution >= 0.6 is 0 Å². The third-order valence-corrected chi connectivity index (χ3v) is 4.39. The van der Waals surface area contributed by atoms with Crippen molar-refractivity contribution in [2.45, 2.75) is 25.7 Å². The van der Waals surface area contributed by atoms with Gasteiger partial charge in [-0.15, -0.1) is 0 Å². The first kappa shape index (κ1) is 13.9. The summed E-state index contributed by atoms with van der Waals surface area (Å²) in [4.78, 5) is 11.1. The van der Waals surface area contributed by atoms with Crippen molar-refractivity contribution >= 4 is 5.97 Å². The number of furan rings is 1. The first-order chi connectivity index (χ1) is 11.2. The van der Waals surface area contributed by atoms with E-state index in [4.69, 9.17) is 9.52 Å². The topological polar surface area (TPSA) is 55.4 Å². The van der Waals surface area contributed by atoms with E-state index in [1.54, 1.807) is 6.07 Å². The molecule has 0 aliphatic heterocycles. The van der Waals surface area contributed by atoms with Gasteiger partial charge in [0, 0.05) is 11.8 Å². The Balaban J connectivity index is 1.92. The third kappa shape index (κ3) is 2.36. The van der Waals surface area contributed by atoms with Crippen LogP contribution in [0.1, 0.15) is 34.7 Å². The molecule has 2 heterocycles. The second-order valence-corrected chi connectivity index (χ2v) is 5.85. The van der Waals surface area contributed by atoms with Crippen molar-refractivity contribution in [3.8, 4) is 17.1 Å². The van der Waals surface area contributed by atoms with E-state index in [2.05, 4.69) is 22.8 Å². The Morgan fingerprint density at radius 3 is 2.57 bits per heavy atom. The normalized spacial score (nSPS) is 13.7. The zero-order valence-corrected chi connectivity index (χ0v) is 12.7. The van der Waals surface area contributed by atoms with Crippen molar-refractivity contribution in [2.75, 3.05) is 0 Å². The molecule has 0 saturated carbocycles. The molecule has 116 valence electrons. The average Bonchev–Trinajstić information content (AvgIpc) is 3.20. The van der Waals surface area contributed by atoms with Crippen LogP contribution in [0.25, 0.3) is 17.1 Å². The quantitative estimate of drug-likeness (QED) is 0.784. The predicted octanol–water partition coefficient (Wildman–Crippen LogP) is 4.31. The molecule has 1 aromatic carbocycles. The van der Waals surface area contributed by atoms with Gasteiger partial charge in [0.2, 0.25) is 11.6 Å². The molecule has 1 aliphatic carbocycles. The molecule has 1 N–H and O–H groups in total. The summed E-state index contributed by atoms with van der Waals surface area (Å²) in [5.41, 5.74) is 4.74. The number of aromatic nitrogens is 1. The van der Waals surface area contributed by atoms with Crippen LogP contribution in [0.4, 0.5) is 0 Å². The summed E-state index contributed by atoms with van der Waals surface area (Å²) in [5.74, 6) is -0.500. The Hall–Kier alpha value is -2.75. The highest BCUT2D eigenvalue weighted by Crippen LogP contribution is 2.34. The van der Waals surface area contributed by atoms with E-state index < -0.39 is 5.97 Å². The molecular weight excluding hydrogens is 290 g/mol. The lowest BCUT2D eigenvalue weighted by Crippen LogP contribution is -2.07. The molecule has 4 nitrogen and oxygen atoms in total. The minimum absolute atomic E-state index is 0.0303. The Morgan fingerprint density at radius 2 is 1.83 bits per heavy atom. The van der Waals surface area contributed by atoms with Crippen molar-refractivity contribution in [1.29, 1.82) is 0 Å². The molecule has 0 fully saturated rings. The minimum Gasteiger partial charge on any atom is -0.475 e. The highest BCUT2D eigenvalue weighted by atomic mass is 16.4. The predicted molar refractivity (Wildman–Crippen MR) is 87.1 cm³/mol. The number of fused-ring (bicyclic) bond motifs is 1. The highest BCUT2D eigenvalue weighted by Gasteiger charge is 2.22. The monoisotopic (exact) mass is 307 g/mol. The zero-order chi connectivity index (χ0) is 15.8. The number of rotatable bonds is 3. The van der Waals surface area contributed by atoms with Crippen molar-refractivity contribution in [3.05, 3.63) is 65.5 Å². The molecule has 0 spiro atoms. The number of hydrogen-bond acceptors (Lipinski definition) is 2. The fourth-order valence-electron chi connectivity index (χ4n) is 3.33. The van der Waals surface area contributed by atoms with Gasteiger partial charge >= 0.3 is 5.97 Å². The molecule has 0 saturated heterocycles. The molecule has 0 amide bonds. The molecule has 0 unspecified atom stereocenters. The summed E-state index contributed by atoms with van der Waals surface area (Å²) < 4.78 is 7.66. The summed E-state index contributed by atoms with van der Waals surface area (Å²) in [6, 6.07) is 15.6. The fourth-order valence-corrected chi connectivity index (χ4v) is 3.33. The standard InChI is InChI=1S/C19H17NO3/c21-19(22)17-10-11-18(23-17)20-15-9-5-4-8-14(15)12-16(20)13-6-2-1-3-7-13/h1-3,6-7,10-12H,4-5,8-9H2,(H,21,22). The van der Waals surface area contributed by atoms with Gasteiger partial charge < -0.3 is 9.52 Å². The molecule has 4 rings (SSSR count). The van der Waals surface area contributed by atoms with Crippen molar-refractivity contribution < 1.29 is 14.3 Å². The lowest BCUT2D eigenvalue weighted by atomic mass is 9.98. The largest absolute Gasteiger partial charge is 0.475 e. The van der Waals surface area contributed by atoms with Crippen LogP contribution in [0, 0.1) is 0 Å². The SMILES string of the molecule is O=C(O)c1ccc(-n2c(-c3ccccc3)cc3c2CCCC3)o1. The summed E-state index contributed by atoms with van der Waals surface area (Å²) in [6.45, 7) is 0. The third-order valence-electron chi connectivity index (χ3n) is 4.39. The van der Waals surface area contributed by atoms with Gasteiger partial charge in [-0.1, -0.05) is 30.3 Å². The molecule has 2 aromatic heterocycles. The van der Waals surface area contributed by atoms with Crippen LogP contribution in [0.5, 0.6) is 0 Å². The summed E-state index contributed by atoms with van der Waals surface area (Å²) in [7, 11) is 0. The summed E-state index contributed by atoms with van der Waals surface area (Å²) in [5, 5.41) is 9.12. The number of carboxylic acids is 1. The number of hydrogen-bond donors (Lipinski definition) is 1. The van der Waals surface area contributed by atoms with Gasteiger partial charge in [-0.05, 0) is 48.9 Å². The summed E-state index contributed by atoms with van der Waals surface area (Å²) >= 11 is 0. The van der Waals surface area contributed by atoms with E-state index in [1.165, 1.54) is 23.7 Å². The number of aromatic carboxylic acids is 1. The molecule has 1 aliphatic rings. The number of carboxylic acid groups (broad SMARTS) is 1. The maximum atomic E-state index is 11.1. The van der Waals surface area contributed by atoms with Gasteiger partial charge in [0.25, 0.3) is 0 Å². The first-order valence-electron chi connectivity index (χ1n) is 7.86. The van der Waals surface area contributed by atoms with Crippen LogP contribution in [-0.2, 0) is 12.8 Å². The van der Waals surface area contributed by atoms with Crippen LogP contribution in [0.15, 0.2) is 52.9 Å². The first-order valence-corrected chi connectivity index (χ1v) is 7.86. The van der Waals surface area contributed by atoms with Crippen LogP contribution in [0.2, 0.25) is 0 Å². The number of nitrogens with zero attached hydrogens (tertiary/aromatic N) is 1. The lowest BCUT2D eigenvalue weighted by molar-refractivity contribution is 0.0662. The van der Waals surface area contributed by atoms with E-state index in [0.717, 1.165) is 30.5 Å². The van der Waals surface area contributed by atoms with Crippen LogP contribution in [0.3, 0.4) is 0 Å². The van der Waals surface area contributed by atoms with Crippen LogP contribution in [-0.4, -0.2) is 15.6 Å². The van der Waals surface area contributed by atoms with Gasteiger partial charge in [-0.25, -0.2) is 4.79 Å². The van der Waals surface area contributed by atoms with E-state index in [0.29, 0.717) is 5.88 Å². The zero-order valence-electron chi connectivity index (χ0n) is 12.7. The minimum atomic E-state index is -1.04. The van der Waals surface area contributed by atoms with Gasteiger partial charge in [0.15, 0.2) is 0 Å². The Morgan fingerprint density at radius 1 is 1.04 bits per heavy atom. The lowest BCUT2D eigenvalue weighted by Gasteiger charge is -2.15. The van der Waals surface area contributed by atoms with Gasteiger partial charge in [0.05, 0.1) is 5.69 Å². The Bertz CT molecular complexity index is 858. The highest BCUT2D eigenvalue weighted by molar-refractivity contribution is 5.84. The van der Waals surface area contributed by atoms with E-state index >= 15 is 0 Å². The second kappa shape index (κ2) is 5.47. The fraction of sp³-hybridized carbons (Fsp3) is 0.211. The molecule has 23 heavy (non-hydrogen) atoms. The van der Waals surface area contributed by atoms with Crippen LogP contribution < -0.4 is 0 Å². The number of carbonyl (C=O) groups is 1. The van der Waals surface area contributed by atoms with Crippen molar-refractivity contribution in [3.63, 3.8) is 0 Å². The van der Waals surface area contributed by atoms with E-state index in [-0.39, 0.29) is 5.76 Å². The average molecular weight is 307 g/mol. The maximum Gasteiger partial charge on any atom is 0.371 e. The molecule has 0 atom stereocenters. The molecule has 4 heteroatoms. The molecule has 3 aromatic rings. The Labute approximate surface area is 134 Å². The maximum absolute atomic E-state index is 11.1. The van der Waals surface area contributed by atoms with E-state index in [1.807, 2.05) is 18.2 Å². The number of benzene rings is 1.